The first-order valence-corrected chi connectivity index (χ1v) is 8.68. The van der Waals surface area contributed by atoms with Crippen LogP contribution < -0.4 is 5.32 Å². The minimum absolute atomic E-state index is 0.0229. The molecule has 0 unspecified atom stereocenters. The van der Waals surface area contributed by atoms with Crippen LogP contribution in [0, 0.1) is 0 Å². The van der Waals surface area contributed by atoms with Crippen LogP contribution in [0.25, 0.3) is 0 Å². The third kappa shape index (κ3) is 5.07. The first-order chi connectivity index (χ1) is 11.1. The Bertz CT molecular complexity index is 633. The maximum Gasteiger partial charge on any atom is 0.396 e. The molecule has 0 bridgehead atoms. The van der Waals surface area contributed by atoms with E-state index in [1.807, 2.05) is 0 Å². The Labute approximate surface area is 152 Å². The minimum atomic E-state index is -0.889. The van der Waals surface area contributed by atoms with Crippen molar-refractivity contribution >= 4 is 17.6 Å². The van der Waals surface area contributed by atoms with Gasteiger partial charge in [0, 0.05) is 5.69 Å². The van der Waals surface area contributed by atoms with E-state index >= 15 is 0 Å². The number of hydrogen-bond donors (Lipinski definition) is 1. The van der Waals surface area contributed by atoms with E-state index in [4.69, 9.17) is 0 Å². The van der Waals surface area contributed by atoms with Gasteiger partial charge >= 0.3 is 11.9 Å². The second-order valence-corrected chi connectivity index (χ2v) is 9.64. The zero-order valence-electron chi connectivity index (χ0n) is 17.4. The van der Waals surface area contributed by atoms with Gasteiger partial charge in [0.15, 0.2) is 0 Å². The number of carbonyl (C=O) groups excluding carboxylic acids is 2. The standard InChI is InChI=1S/C21H33NO3/c1-19(2,3)13-11-14(20(4,5)6)16(15(12-13)21(7,8)9)22-17(23)18(24)25-10/h11-12H,1-10H3,(H,22,23). The molecule has 140 valence electrons. The largest absolute Gasteiger partial charge is 0.462 e. The van der Waals surface area contributed by atoms with E-state index in [0.29, 0.717) is 5.69 Å². The lowest BCUT2D eigenvalue weighted by Gasteiger charge is -2.33. The van der Waals surface area contributed by atoms with Crippen molar-refractivity contribution in [2.75, 3.05) is 12.4 Å². The van der Waals surface area contributed by atoms with Crippen LogP contribution in [0.1, 0.15) is 79.0 Å². The van der Waals surface area contributed by atoms with E-state index in [-0.39, 0.29) is 16.2 Å². The minimum Gasteiger partial charge on any atom is -0.462 e. The number of carbonyl (C=O) groups is 2. The first kappa shape index (κ1) is 21.2. The van der Waals surface area contributed by atoms with Crippen LogP contribution in [0.2, 0.25) is 0 Å². The van der Waals surface area contributed by atoms with Gasteiger partial charge in [-0.1, -0.05) is 74.4 Å². The van der Waals surface area contributed by atoms with Crippen molar-refractivity contribution < 1.29 is 14.3 Å². The van der Waals surface area contributed by atoms with Gasteiger partial charge in [-0.3, -0.25) is 4.79 Å². The fourth-order valence-electron chi connectivity index (χ4n) is 2.65. The Morgan fingerprint density at radius 3 is 1.48 bits per heavy atom. The average Bonchev–Trinajstić information content (AvgIpc) is 2.42. The van der Waals surface area contributed by atoms with Gasteiger partial charge in [-0.05, 0) is 32.9 Å². The normalized spacial score (nSPS) is 12.7. The van der Waals surface area contributed by atoms with Crippen LogP contribution in [0.3, 0.4) is 0 Å². The SMILES string of the molecule is COC(=O)C(=O)Nc1c(C(C)(C)C)cc(C(C)(C)C)cc1C(C)(C)C. The molecule has 4 heteroatoms. The highest BCUT2D eigenvalue weighted by molar-refractivity contribution is 6.37. The zero-order chi connectivity index (χ0) is 19.8. The molecule has 1 N–H and O–H groups in total. The van der Waals surface area contributed by atoms with Crippen LogP contribution in [0.15, 0.2) is 12.1 Å². The first-order valence-electron chi connectivity index (χ1n) is 8.68. The zero-order valence-corrected chi connectivity index (χ0v) is 17.4. The maximum absolute atomic E-state index is 12.2. The Balaban J connectivity index is 3.76. The summed E-state index contributed by atoms with van der Waals surface area (Å²) in [5, 5.41) is 2.81. The monoisotopic (exact) mass is 347 g/mol. The van der Waals surface area contributed by atoms with Crippen molar-refractivity contribution in [3.8, 4) is 0 Å². The second-order valence-electron chi connectivity index (χ2n) is 9.64. The average molecular weight is 347 g/mol. The fourth-order valence-corrected chi connectivity index (χ4v) is 2.65. The number of ether oxygens (including phenoxy) is 1. The van der Waals surface area contributed by atoms with Crippen LogP contribution in [0.5, 0.6) is 0 Å². The summed E-state index contributed by atoms with van der Waals surface area (Å²) < 4.78 is 4.56. The van der Waals surface area contributed by atoms with Gasteiger partial charge in [0.2, 0.25) is 0 Å². The molecule has 0 heterocycles. The molecule has 0 radical (unpaired) electrons. The van der Waals surface area contributed by atoms with E-state index in [1.54, 1.807) is 0 Å². The van der Waals surface area contributed by atoms with E-state index in [0.717, 1.165) is 11.1 Å². The summed E-state index contributed by atoms with van der Waals surface area (Å²) in [6, 6.07) is 4.28. The number of methoxy groups -OCH3 is 1. The van der Waals surface area contributed by atoms with E-state index in [9.17, 15) is 9.59 Å². The predicted molar refractivity (Wildman–Crippen MR) is 103 cm³/mol. The lowest BCUT2D eigenvalue weighted by atomic mass is 9.74. The Morgan fingerprint density at radius 1 is 0.800 bits per heavy atom. The summed E-state index contributed by atoms with van der Waals surface area (Å²) >= 11 is 0. The van der Waals surface area contributed by atoms with Crippen molar-refractivity contribution in [2.45, 2.75) is 78.6 Å². The number of hydrogen-bond acceptors (Lipinski definition) is 3. The topological polar surface area (TPSA) is 55.4 Å². The van der Waals surface area contributed by atoms with Gasteiger partial charge < -0.3 is 10.1 Å². The summed E-state index contributed by atoms with van der Waals surface area (Å²) in [7, 11) is 1.21. The quantitative estimate of drug-likeness (QED) is 0.592. The number of rotatable bonds is 1. The van der Waals surface area contributed by atoms with E-state index in [1.165, 1.54) is 12.7 Å². The molecule has 1 amide bonds. The molecule has 0 aliphatic rings. The molecule has 0 aliphatic heterocycles. The molecule has 4 nitrogen and oxygen atoms in total. The predicted octanol–water partition coefficient (Wildman–Crippen LogP) is 4.69. The van der Waals surface area contributed by atoms with Crippen molar-refractivity contribution in [1.82, 2.24) is 0 Å². The summed E-state index contributed by atoms with van der Waals surface area (Å²) in [6.07, 6.45) is 0. The number of esters is 1. The van der Waals surface area contributed by atoms with Gasteiger partial charge in [-0.25, -0.2) is 4.79 Å². The molecular weight excluding hydrogens is 314 g/mol. The van der Waals surface area contributed by atoms with Gasteiger partial charge in [0.05, 0.1) is 7.11 Å². The van der Waals surface area contributed by atoms with Crippen LogP contribution >= 0.6 is 0 Å². The van der Waals surface area contributed by atoms with Gasteiger partial charge in [-0.2, -0.15) is 0 Å². The number of benzene rings is 1. The second kappa shape index (κ2) is 6.81. The van der Waals surface area contributed by atoms with E-state index < -0.39 is 11.9 Å². The van der Waals surface area contributed by atoms with Gasteiger partial charge in [0.25, 0.3) is 0 Å². The van der Waals surface area contributed by atoms with Crippen molar-refractivity contribution in [2.24, 2.45) is 0 Å². The van der Waals surface area contributed by atoms with Crippen LogP contribution in [-0.4, -0.2) is 19.0 Å². The molecule has 0 saturated carbocycles. The molecule has 0 atom stereocenters. The highest BCUT2D eigenvalue weighted by atomic mass is 16.5. The number of amides is 1. The van der Waals surface area contributed by atoms with Crippen LogP contribution in [0.4, 0.5) is 5.69 Å². The lowest BCUT2D eigenvalue weighted by molar-refractivity contribution is -0.150. The smallest absolute Gasteiger partial charge is 0.396 e. The maximum atomic E-state index is 12.2. The van der Waals surface area contributed by atoms with Gasteiger partial charge in [0.1, 0.15) is 0 Å². The van der Waals surface area contributed by atoms with Crippen molar-refractivity contribution in [1.29, 1.82) is 0 Å². The Kier molecular flexibility index (Phi) is 5.78. The third-order valence-corrected chi connectivity index (χ3v) is 4.23. The number of nitrogens with one attached hydrogen (secondary N) is 1. The molecule has 0 saturated heterocycles. The third-order valence-electron chi connectivity index (χ3n) is 4.23. The molecule has 1 rings (SSSR count). The Hall–Kier alpha value is -1.84. The summed E-state index contributed by atoms with van der Waals surface area (Å²) in [4.78, 5) is 23.8. The summed E-state index contributed by atoms with van der Waals surface area (Å²) in [5.41, 5.74) is 3.54. The van der Waals surface area contributed by atoms with E-state index in [2.05, 4.69) is 84.5 Å². The summed E-state index contributed by atoms with van der Waals surface area (Å²) in [5.74, 6) is -1.64. The Morgan fingerprint density at radius 2 is 1.20 bits per heavy atom. The molecule has 25 heavy (non-hydrogen) atoms. The highest BCUT2D eigenvalue weighted by Gasteiger charge is 2.30. The molecular formula is C21H33NO3. The fraction of sp³-hybridized carbons (Fsp3) is 0.619. The summed E-state index contributed by atoms with van der Waals surface area (Å²) in [6.45, 7) is 19.2. The van der Waals surface area contributed by atoms with Crippen LogP contribution in [-0.2, 0) is 30.6 Å². The molecule has 0 fully saturated rings. The van der Waals surface area contributed by atoms with Crippen molar-refractivity contribution in [3.63, 3.8) is 0 Å². The molecule has 0 aliphatic carbocycles. The molecule has 1 aromatic rings. The number of anilines is 1. The molecule has 0 aromatic heterocycles. The lowest BCUT2D eigenvalue weighted by Crippen LogP contribution is -2.29. The van der Waals surface area contributed by atoms with Gasteiger partial charge in [-0.15, -0.1) is 0 Å². The molecule has 0 spiro atoms. The molecule has 1 aromatic carbocycles. The van der Waals surface area contributed by atoms with Crippen molar-refractivity contribution in [3.05, 3.63) is 28.8 Å². The highest BCUT2D eigenvalue weighted by Crippen LogP contribution is 2.41.